The van der Waals surface area contributed by atoms with Crippen LogP contribution in [0.3, 0.4) is 0 Å². The van der Waals surface area contributed by atoms with Crippen molar-refractivity contribution in [1.82, 2.24) is 4.57 Å². The Morgan fingerprint density at radius 2 is 1.90 bits per heavy atom. The molecule has 9 heteroatoms. The van der Waals surface area contributed by atoms with Crippen LogP contribution in [0.2, 0.25) is 0 Å². The van der Waals surface area contributed by atoms with Gasteiger partial charge in [-0.25, -0.2) is 8.42 Å². The smallest absolute Gasteiger partial charge is 0.326 e. The molecule has 0 aliphatic carbocycles. The Labute approximate surface area is 178 Å². The third kappa shape index (κ3) is 4.68. The number of carbonyl (C=O) groups is 2. The van der Waals surface area contributed by atoms with E-state index in [4.69, 9.17) is 4.74 Å². The molecule has 0 N–H and O–H groups in total. The zero-order valence-electron chi connectivity index (χ0n) is 16.9. The second kappa shape index (κ2) is 8.93. The standard InChI is InChI=1S/C21H22N2O5S2/c1-4-28-19(24)13-23-17-10-9-14(3)11-18(17)29-21(23)22-20(25)15-7-6-8-16(12-15)30(26,27)5-2/h6-12H,4-5,13H2,1-3H3. The zero-order valence-corrected chi connectivity index (χ0v) is 18.5. The number of carbonyl (C=O) groups excluding carboxylic acids is 2. The summed E-state index contributed by atoms with van der Waals surface area (Å²) >= 11 is 1.28. The summed E-state index contributed by atoms with van der Waals surface area (Å²) in [5.41, 5.74) is 1.98. The van der Waals surface area contributed by atoms with Crippen molar-refractivity contribution in [3.05, 3.63) is 58.4 Å². The van der Waals surface area contributed by atoms with E-state index < -0.39 is 21.7 Å². The molecule has 0 spiro atoms. The molecule has 0 bridgehead atoms. The Hall–Kier alpha value is -2.78. The van der Waals surface area contributed by atoms with Gasteiger partial charge >= 0.3 is 5.97 Å². The molecular weight excluding hydrogens is 424 g/mol. The molecule has 7 nitrogen and oxygen atoms in total. The first-order chi connectivity index (χ1) is 14.2. The molecule has 0 aliphatic rings. The van der Waals surface area contributed by atoms with Gasteiger partial charge in [0.05, 0.1) is 27.5 Å². The van der Waals surface area contributed by atoms with Crippen molar-refractivity contribution in [2.45, 2.75) is 32.2 Å². The van der Waals surface area contributed by atoms with E-state index in [9.17, 15) is 18.0 Å². The third-order valence-corrected chi connectivity index (χ3v) is 7.22. The Kier molecular flexibility index (Phi) is 6.52. The molecular formula is C21H22N2O5S2. The number of aromatic nitrogens is 1. The van der Waals surface area contributed by atoms with Crippen LogP contribution in [-0.2, 0) is 25.9 Å². The summed E-state index contributed by atoms with van der Waals surface area (Å²) in [5.74, 6) is -1.07. The summed E-state index contributed by atoms with van der Waals surface area (Å²) in [5, 5.41) is 0. The zero-order chi connectivity index (χ0) is 21.9. The minimum Gasteiger partial charge on any atom is -0.465 e. The maximum absolute atomic E-state index is 12.8. The summed E-state index contributed by atoms with van der Waals surface area (Å²) in [6.45, 7) is 5.41. The second-order valence-electron chi connectivity index (χ2n) is 6.60. The van der Waals surface area contributed by atoms with E-state index >= 15 is 0 Å². The maximum atomic E-state index is 12.8. The van der Waals surface area contributed by atoms with Crippen molar-refractivity contribution in [3.8, 4) is 0 Å². The highest BCUT2D eigenvalue weighted by Gasteiger charge is 2.16. The molecule has 1 heterocycles. The highest BCUT2D eigenvalue weighted by molar-refractivity contribution is 7.91. The van der Waals surface area contributed by atoms with E-state index in [0.717, 1.165) is 15.8 Å². The van der Waals surface area contributed by atoms with Crippen molar-refractivity contribution >= 4 is 43.3 Å². The van der Waals surface area contributed by atoms with E-state index in [1.807, 2.05) is 25.1 Å². The lowest BCUT2D eigenvalue weighted by Crippen LogP contribution is -2.23. The number of nitrogens with zero attached hydrogens (tertiary/aromatic N) is 2. The molecule has 0 saturated carbocycles. The van der Waals surface area contributed by atoms with Gasteiger partial charge < -0.3 is 9.30 Å². The molecule has 2 aromatic carbocycles. The van der Waals surface area contributed by atoms with Crippen molar-refractivity contribution in [2.24, 2.45) is 4.99 Å². The Morgan fingerprint density at radius 3 is 2.60 bits per heavy atom. The van der Waals surface area contributed by atoms with Gasteiger partial charge in [-0.05, 0) is 49.7 Å². The minimum atomic E-state index is -3.44. The quantitative estimate of drug-likeness (QED) is 0.542. The normalized spacial score (nSPS) is 12.3. The van der Waals surface area contributed by atoms with Crippen LogP contribution in [0.15, 0.2) is 52.4 Å². The molecule has 1 aromatic heterocycles. The Bertz CT molecular complexity index is 1290. The molecule has 0 saturated heterocycles. The average molecular weight is 447 g/mol. The van der Waals surface area contributed by atoms with Crippen LogP contribution in [0.5, 0.6) is 0 Å². The maximum Gasteiger partial charge on any atom is 0.326 e. The van der Waals surface area contributed by atoms with E-state index in [1.165, 1.54) is 35.6 Å². The SMILES string of the molecule is CCOC(=O)Cn1c(=NC(=O)c2cccc(S(=O)(=O)CC)c2)sc2cc(C)ccc21. The number of sulfone groups is 1. The van der Waals surface area contributed by atoms with Crippen LogP contribution in [0.25, 0.3) is 10.2 Å². The number of fused-ring (bicyclic) bond motifs is 1. The summed E-state index contributed by atoms with van der Waals surface area (Å²) in [4.78, 5) is 29.5. The predicted molar refractivity (Wildman–Crippen MR) is 115 cm³/mol. The molecule has 0 fully saturated rings. The van der Waals surface area contributed by atoms with Crippen LogP contribution >= 0.6 is 11.3 Å². The molecule has 158 valence electrons. The van der Waals surface area contributed by atoms with Gasteiger partial charge in [0.25, 0.3) is 5.91 Å². The van der Waals surface area contributed by atoms with Crippen molar-refractivity contribution < 1.29 is 22.7 Å². The molecule has 3 rings (SSSR count). The van der Waals surface area contributed by atoms with Crippen LogP contribution in [-0.4, -0.2) is 37.2 Å². The van der Waals surface area contributed by atoms with Gasteiger partial charge in [-0.15, -0.1) is 0 Å². The third-order valence-electron chi connectivity index (χ3n) is 4.45. The summed E-state index contributed by atoms with van der Waals surface area (Å²) in [6.07, 6.45) is 0. The minimum absolute atomic E-state index is 0.0585. The average Bonchev–Trinajstić information content (AvgIpc) is 3.04. The first-order valence-electron chi connectivity index (χ1n) is 9.42. The fourth-order valence-electron chi connectivity index (χ4n) is 2.89. The monoisotopic (exact) mass is 446 g/mol. The molecule has 0 atom stereocenters. The summed E-state index contributed by atoms with van der Waals surface area (Å²) < 4.78 is 31.8. The fraction of sp³-hybridized carbons (Fsp3) is 0.286. The van der Waals surface area contributed by atoms with Gasteiger partial charge in [0, 0.05) is 5.56 Å². The van der Waals surface area contributed by atoms with Gasteiger partial charge in [-0.2, -0.15) is 4.99 Å². The number of esters is 1. The molecule has 1 amide bonds. The van der Waals surface area contributed by atoms with Gasteiger partial charge in [0.15, 0.2) is 14.6 Å². The molecule has 0 aliphatic heterocycles. The highest BCUT2D eigenvalue weighted by Crippen LogP contribution is 2.20. The van der Waals surface area contributed by atoms with Crippen molar-refractivity contribution in [3.63, 3.8) is 0 Å². The van der Waals surface area contributed by atoms with Gasteiger partial charge in [0.2, 0.25) is 0 Å². The number of aryl methyl sites for hydroxylation is 1. The molecule has 3 aromatic rings. The van der Waals surface area contributed by atoms with Crippen LogP contribution in [0, 0.1) is 6.92 Å². The summed E-state index contributed by atoms with van der Waals surface area (Å²) in [6, 6.07) is 11.6. The van der Waals surface area contributed by atoms with Gasteiger partial charge in [-0.1, -0.05) is 30.4 Å². The van der Waals surface area contributed by atoms with Crippen LogP contribution in [0.1, 0.15) is 29.8 Å². The predicted octanol–water partition coefficient (Wildman–Crippen LogP) is 3.11. The topological polar surface area (TPSA) is 94.8 Å². The largest absolute Gasteiger partial charge is 0.465 e. The molecule has 0 radical (unpaired) electrons. The van der Waals surface area contributed by atoms with Gasteiger partial charge in [0.1, 0.15) is 6.54 Å². The van der Waals surface area contributed by atoms with Crippen molar-refractivity contribution in [2.75, 3.05) is 12.4 Å². The summed E-state index contributed by atoms with van der Waals surface area (Å²) in [7, 11) is -3.44. The van der Waals surface area contributed by atoms with E-state index in [0.29, 0.717) is 4.80 Å². The Morgan fingerprint density at radius 1 is 1.13 bits per heavy atom. The van der Waals surface area contributed by atoms with Gasteiger partial charge in [-0.3, -0.25) is 9.59 Å². The first-order valence-corrected chi connectivity index (χ1v) is 11.9. The number of rotatable bonds is 6. The van der Waals surface area contributed by atoms with Crippen molar-refractivity contribution in [1.29, 1.82) is 0 Å². The van der Waals surface area contributed by atoms with E-state index in [2.05, 4.69) is 4.99 Å². The lowest BCUT2D eigenvalue weighted by atomic mass is 10.2. The first kappa shape index (κ1) is 21.9. The highest BCUT2D eigenvalue weighted by atomic mass is 32.2. The van der Waals surface area contributed by atoms with E-state index in [-0.39, 0.29) is 29.4 Å². The molecule has 30 heavy (non-hydrogen) atoms. The van der Waals surface area contributed by atoms with Crippen LogP contribution < -0.4 is 4.80 Å². The number of thiazole rings is 1. The Balaban J connectivity index is 2.10. The number of amides is 1. The number of benzene rings is 2. The fourth-order valence-corrected chi connectivity index (χ4v) is 4.95. The second-order valence-corrected chi connectivity index (χ2v) is 9.88. The lowest BCUT2D eigenvalue weighted by molar-refractivity contribution is -0.143. The number of hydrogen-bond acceptors (Lipinski definition) is 6. The van der Waals surface area contributed by atoms with E-state index in [1.54, 1.807) is 18.4 Å². The lowest BCUT2D eigenvalue weighted by Gasteiger charge is -2.05. The molecule has 0 unspecified atom stereocenters. The number of ether oxygens (including phenoxy) is 1. The van der Waals surface area contributed by atoms with Crippen LogP contribution in [0.4, 0.5) is 0 Å². The number of hydrogen-bond donors (Lipinski definition) is 0.